The fourth-order valence-corrected chi connectivity index (χ4v) is 1.12. The maximum atomic E-state index is 9.18. The van der Waals surface area contributed by atoms with Crippen molar-refractivity contribution in [3.05, 3.63) is 29.9 Å². The molecule has 0 aliphatic carbocycles. The zero-order valence-corrected chi connectivity index (χ0v) is 6.70. The second kappa shape index (κ2) is 2.68. The summed E-state index contributed by atoms with van der Waals surface area (Å²) in [5.74, 6) is 1.43. The normalized spacial score (nSPS) is 13.9. The molecule has 3 nitrogen and oxygen atoms in total. The molecule has 0 atom stereocenters. The van der Waals surface area contributed by atoms with Crippen molar-refractivity contribution < 1.29 is 14.6 Å². The molecule has 1 N–H and O–H groups in total. The highest BCUT2D eigenvalue weighted by molar-refractivity contribution is 5.46. The largest absolute Gasteiger partial charge is 0.454 e. The van der Waals surface area contributed by atoms with Gasteiger partial charge in [0.05, 0.1) is 0 Å². The van der Waals surface area contributed by atoms with E-state index in [-0.39, 0.29) is 12.9 Å². The number of aliphatic hydroxyl groups is 1. The van der Waals surface area contributed by atoms with Crippen LogP contribution in [-0.4, -0.2) is 11.9 Å². The van der Waals surface area contributed by atoms with E-state index >= 15 is 0 Å². The van der Waals surface area contributed by atoms with Crippen molar-refractivity contribution >= 4 is 0 Å². The number of rotatable bonds is 1. The van der Waals surface area contributed by atoms with E-state index < -0.39 is 0 Å². The molecule has 0 amide bonds. The lowest BCUT2D eigenvalue weighted by molar-refractivity contribution is 0.174. The summed E-state index contributed by atoms with van der Waals surface area (Å²) in [6, 6.07) is 5.35. The van der Waals surface area contributed by atoms with Crippen LogP contribution >= 0.6 is 0 Å². The maximum absolute atomic E-state index is 9.18. The molecule has 1 heterocycles. The summed E-state index contributed by atoms with van der Waals surface area (Å²) in [7, 11) is 0. The average Bonchev–Trinajstić information content (AvgIpc) is 2.49. The van der Waals surface area contributed by atoms with Crippen molar-refractivity contribution in [2.24, 2.45) is 0 Å². The Morgan fingerprint density at radius 3 is 2.83 bits per heavy atom. The van der Waals surface area contributed by atoms with E-state index in [0.717, 1.165) is 11.3 Å². The minimum Gasteiger partial charge on any atom is -0.454 e. The number of fused-ring (bicyclic) bond motifs is 1. The smallest absolute Gasteiger partial charge is 0.231 e. The molecule has 0 saturated carbocycles. The van der Waals surface area contributed by atoms with Crippen LogP contribution in [0.15, 0.2) is 18.2 Å². The molecular weight excluding hydrogens is 156 g/mol. The molecule has 12 heavy (non-hydrogen) atoms. The first-order valence-corrected chi connectivity index (χ1v) is 3.70. The molecule has 63 valence electrons. The van der Waals surface area contributed by atoms with E-state index in [9.17, 15) is 5.11 Å². The van der Waals surface area contributed by atoms with Gasteiger partial charge in [-0.2, -0.15) is 0 Å². The second-order valence-electron chi connectivity index (χ2n) is 2.65. The van der Waals surface area contributed by atoms with Crippen LogP contribution < -0.4 is 9.47 Å². The number of hydrogen-bond acceptors (Lipinski definition) is 3. The molecule has 1 aliphatic rings. The Hall–Kier alpha value is -1.22. The van der Waals surface area contributed by atoms with Gasteiger partial charge in [0.2, 0.25) is 6.79 Å². The first-order chi connectivity index (χ1) is 5.77. The molecule has 3 heteroatoms. The van der Waals surface area contributed by atoms with E-state index in [1.54, 1.807) is 25.1 Å². The monoisotopic (exact) mass is 165 g/mol. The first-order valence-electron chi connectivity index (χ1n) is 3.70. The molecule has 0 fully saturated rings. The third-order valence-electron chi connectivity index (χ3n) is 1.79. The third-order valence-corrected chi connectivity index (χ3v) is 1.79. The molecule has 1 aliphatic heterocycles. The standard InChI is InChI=1S/C9H9O3/c1-6(10)7-2-3-8-9(4-7)12-5-11-8/h2-4,10H,5H2,1H3. The van der Waals surface area contributed by atoms with E-state index in [1.165, 1.54) is 0 Å². The summed E-state index contributed by atoms with van der Waals surface area (Å²) in [5, 5.41) is 9.18. The van der Waals surface area contributed by atoms with Gasteiger partial charge in [0.15, 0.2) is 11.5 Å². The van der Waals surface area contributed by atoms with E-state index in [2.05, 4.69) is 0 Å². The molecule has 0 saturated heterocycles. The van der Waals surface area contributed by atoms with Gasteiger partial charge in [-0.15, -0.1) is 0 Å². The Bertz CT molecular complexity index is 294. The molecule has 0 unspecified atom stereocenters. The quantitative estimate of drug-likeness (QED) is 0.688. The third kappa shape index (κ3) is 1.12. The predicted molar refractivity (Wildman–Crippen MR) is 42.5 cm³/mol. The highest BCUT2D eigenvalue weighted by atomic mass is 16.7. The van der Waals surface area contributed by atoms with Gasteiger partial charge < -0.3 is 14.6 Å². The fraction of sp³-hybridized carbons (Fsp3) is 0.222. The second-order valence-corrected chi connectivity index (χ2v) is 2.65. The number of aliphatic hydroxyl groups excluding tert-OH is 1. The molecule has 0 spiro atoms. The first kappa shape index (κ1) is 7.43. The van der Waals surface area contributed by atoms with Gasteiger partial charge >= 0.3 is 0 Å². The molecule has 0 aromatic heterocycles. The average molecular weight is 165 g/mol. The Morgan fingerprint density at radius 1 is 1.33 bits per heavy atom. The van der Waals surface area contributed by atoms with E-state index in [0.29, 0.717) is 5.75 Å². The van der Waals surface area contributed by atoms with Crippen molar-refractivity contribution in [2.75, 3.05) is 6.79 Å². The lowest BCUT2D eigenvalue weighted by Crippen LogP contribution is -1.93. The summed E-state index contributed by atoms with van der Waals surface area (Å²) >= 11 is 0. The van der Waals surface area contributed by atoms with Crippen molar-refractivity contribution in [2.45, 2.75) is 6.92 Å². The van der Waals surface area contributed by atoms with Crippen LogP contribution in [-0.2, 0) is 0 Å². The fourth-order valence-electron chi connectivity index (χ4n) is 1.12. The van der Waals surface area contributed by atoms with E-state index in [4.69, 9.17) is 9.47 Å². The van der Waals surface area contributed by atoms with Crippen LogP contribution in [0.25, 0.3) is 0 Å². The lowest BCUT2D eigenvalue weighted by Gasteiger charge is -2.03. The Kier molecular flexibility index (Phi) is 1.66. The number of benzene rings is 1. The van der Waals surface area contributed by atoms with Gasteiger partial charge in [0, 0.05) is 0 Å². The highest BCUT2D eigenvalue weighted by Crippen LogP contribution is 2.33. The molecule has 1 radical (unpaired) electrons. The molecule has 2 rings (SSSR count). The molecular formula is C9H9O3. The van der Waals surface area contributed by atoms with Gasteiger partial charge in [-0.1, -0.05) is 6.07 Å². The van der Waals surface area contributed by atoms with Gasteiger partial charge in [-0.25, -0.2) is 0 Å². The lowest BCUT2D eigenvalue weighted by atomic mass is 10.1. The van der Waals surface area contributed by atoms with Crippen molar-refractivity contribution in [1.82, 2.24) is 0 Å². The molecule has 1 aromatic carbocycles. The van der Waals surface area contributed by atoms with Crippen LogP contribution in [0, 0.1) is 6.10 Å². The minimum atomic E-state index is 0.267. The van der Waals surface area contributed by atoms with Crippen LogP contribution in [0.1, 0.15) is 12.5 Å². The summed E-state index contributed by atoms with van der Waals surface area (Å²) in [6.45, 7) is 1.90. The van der Waals surface area contributed by atoms with Gasteiger partial charge in [0.1, 0.15) is 6.10 Å². The van der Waals surface area contributed by atoms with E-state index in [1.807, 2.05) is 0 Å². The molecule has 0 bridgehead atoms. The molecule has 1 aromatic rings. The van der Waals surface area contributed by atoms with Crippen molar-refractivity contribution in [3.8, 4) is 11.5 Å². The van der Waals surface area contributed by atoms with Gasteiger partial charge in [-0.3, -0.25) is 0 Å². The summed E-state index contributed by atoms with van der Waals surface area (Å²) in [4.78, 5) is 0. The van der Waals surface area contributed by atoms with Crippen LogP contribution in [0.5, 0.6) is 11.5 Å². The minimum absolute atomic E-state index is 0.267. The van der Waals surface area contributed by atoms with Crippen LogP contribution in [0.3, 0.4) is 0 Å². The Balaban J connectivity index is 2.39. The van der Waals surface area contributed by atoms with Gasteiger partial charge in [0.25, 0.3) is 0 Å². The maximum Gasteiger partial charge on any atom is 0.231 e. The number of ether oxygens (including phenoxy) is 2. The Morgan fingerprint density at radius 2 is 2.08 bits per heavy atom. The Labute approximate surface area is 70.5 Å². The SMILES string of the molecule is C[C](O)c1ccc2c(c1)OCO2. The van der Waals surface area contributed by atoms with Crippen LogP contribution in [0.4, 0.5) is 0 Å². The predicted octanol–water partition coefficient (Wildman–Crippen LogP) is 1.69. The summed E-state index contributed by atoms with van der Waals surface area (Å²) in [5.41, 5.74) is 0.763. The number of hydrogen-bond donors (Lipinski definition) is 1. The van der Waals surface area contributed by atoms with Crippen molar-refractivity contribution in [3.63, 3.8) is 0 Å². The van der Waals surface area contributed by atoms with Crippen LogP contribution in [0.2, 0.25) is 0 Å². The topological polar surface area (TPSA) is 38.7 Å². The van der Waals surface area contributed by atoms with Gasteiger partial charge in [-0.05, 0) is 24.6 Å². The highest BCUT2D eigenvalue weighted by Gasteiger charge is 2.14. The zero-order valence-electron chi connectivity index (χ0n) is 6.70. The summed E-state index contributed by atoms with van der Waals surface area (Å²) < 4.78 is 10.3. The zero-order chi connectivity index (χ0) is 8.55. The summed E-state index contributed by atoms with van der Waals surface area (Å²) in [6.07, 6.45) is 0.285. The van der Waals surface area contributed by atoms with Crippen molar-refractivity contribution in [1.29, 1.82) is 0 Å².